The normalized spacial score (nSPS) is 12.9. The molecule has 0 aromatic heterocycles. The van der Waals surface area contributed by atoms with Gasteiger partial charge in [-0.25, -0.2) is 4.99 Å². The Bertz CT molecular complexity index is 797. The van der Waals surface area contributed by atoms with E-state index in [1.165, 1.54) is 0 Å². The van der Waals surface area contributed by atoms with Gasteiger partial charge in [0.2, 0.25) is 0 Å². The molecule has 0 saturated heterocycles. The van der Waals surface area contributed by atoms with Crippen LogP contribution in [0.4, 0.5) is 11.4 Å². The van der Waals surface area contributed by atoms with Gasteiger partial charge >= 0.3 is 0 Å². The van der Waals surface area contributed by atoms with Gasteiger partial charge in [-0.05, 0) is 72.2 Å². The summed E-state index contributed by atoms with van der Waals surface area (Å²) >= 11 is 0. The van der Waals surface area contributed by atoms with Crippen LogP contribution in [-0.2, 0) is 0 Å². The molecule has 0 bridgehead atoms. The number of anilines is 1. The summed E-state index contributed by atoms with van der Waals surface area (Å²) in [6.45, 7) is 2.05. The maximum atomic E-state index is 7.50. The van der Waals surface area contributed by atoms with E-state index >= 15 is 0 Å². The van der Waals surface area contributed by atoms with Crippen LogP contribution in [0, 0.1) is 12.3 Å². The molecule has 3 rings (SSSR count). The molecule has 4 heteroatoms. The molecule has 0 amide bonds. The van der Waals surface area contributed by atoms with Crippen LogP contribution < -0.4 is 5.73 Å². The molecule has 2 aromatic carbocycles. The Morgan fingerprint density at radius 1 is 0.870 bits per heavy atom. The predicted octanol–water partition coefficient (Wildman–Crippen LogP) is 4.88. The van der Waals surface area contributed by atoms with Gasteiger partial charge in [-0.2, -0.15) is 0 Å². The Kier molecular flexibility index (Phi) is 5.14. The zero-order valence-electron chi connectivity index (χ0n) is 12.8. The lowest BCUT2D eigenvalue weighted by Crippen LogP contribution is -1.98. The van der Waals surface area contributed by atoms with Crippen molar-refractivity contribution in [1.82, 2.24) is 0 Å². The molecule has 23 heavy (non-hydrogen) atoms. The average molecular weight is 324 g/mol. The van der Waals surface area contributed by atoms with Crippen LogP contribution in [0.2, 0.25) is 0 Å². The number of benzene rings is 2. The minimum Gasteiger partial charge on any atom is -0.399 e. The molecule has 0 spiro atoms. The highest BCUT2D eigenvalue weighted by Crippen LogP contribution is 2.27. The second-order valence-corrected chi connectivity index (χ2v) is 5.28. The van der Waals surface area contributed by atoms with Crippen molar-refractivity contribution in [2.24, 2.45) is 4.99 Å². The van der Waals surface area contributed by atoms with Crippen molar-refractivity contribution in [2.75, 3.05) is 5.73 Å². The van der Waals surface area contributed by atoms with E-state index in [0.29, 0.717) is 5.71 Å². The Balaban J connectivity index is 0.00000192. The molecule has 0 saturated carbocycles. The zero-order chi connectivity index (χ0) is 15.5. The number of nitrogens with zero attached hydrogens (tertiary/aromatic N) is 1. The molecule has 0 aliphatic heterocycles. The standard InChI is InChI=1S/C19H17N3.ClH/c1-13-12-15(14-2-5-16(20)6-3-14)4-11-19(13)22-18-9-7-17(21)8-10-18;/h2-12,21H,20H2,1H3;1H. The third-order valence-corrected chi connectivity index (χ3v) is 3.56. The van der Waals surface area contributed by atoms with Crippen molar-refractivity contribution < 1.29 is 0 Å². The van der Waals surface area contributed by atoms with E-state index in [4.69, 9.17) is 11.1 Å². The average Bonchev–Trinajstić information content (AvgIpc) is 2.52. The fourth-order valence-electron chi connectivity index (χ4n) is 2.31. The Hall–Kier alpha value is -2.65. The largest absolute Gasteiger partial charge is 0.399 e. The molecule has 0 heterocycles. The molecular weight excluding hydrogens is 306 g/mol. The fourth-order valence-corrected chi connectivity index (χ4v) is 2.31. The summed E-state index contributed by atoms with van der Waals surface area (Å²) in [5, 5.41) is 7.50. The van der Waals surface area contributed by atoms with E-state index in [-0.39, 0.29) is 12.4 Å². The highest BCUT2D eigenvalue weighted by Gasteiger charge is 2.03. The van der Waals surface area contributed by atoms with Gasteiger partial charge in [-0.3, -0.25) is 0 Å². The molecule has 2 aromatic rings. The number of aliphatic imine (C=N–C) groups is 1. The molecule has 116 valence electrons. The van der Waals surface area contributed by atoms with Crippen LogP contribution in [0.1, 0.15) is 5.56 Å². The fraction of sp³-hybridized carbons (Fsp3) is 0.0526. The lowest BCUT2D eigenvalue weighted by atomic mass is 10.0. The lowest BCUT2D eigenvalue weighted by molar-refractivity contribution is 1.40. The molecule has 3 nitrogen and oxygen atoms in total. The van der Waals surface area contributed by atoms with Crippen LogP contribution in [0.5, 0.6) is 0 Å². The van der Waals surface area contributed by atoms with E-state index in [1.54, 1.807) is 12.2 Å². The number of nitrogens with one attached hydrogen (secondary N) is 1. The number of rotatable bonds is 2. The third-order valence-electron chi connectivity index (χ3n) is 3.56. The quantitative estimate of drug-likeness (QED) is 0.600. The second kappa shape index (κ2) is 7.07. The number of nitrogens with two attached hydrogens (primary N) is 1. The van der Waals surface area contributed by atoms with E-state index in [9.17, 15) is 0 Å². The summed E-state index contributed by atoms with van der Waals surface area (Å²) in [5.74, 6) is 0. The predicted molar refractivity (Wildman–Crippen MR) is 101 cm³/mol. The van der Waals surface area contributed by atoms with Gasteiger partial charge in [0.25, 0.3) is 0 Å². The van der Waals surface area contributed by atoms with Gasteiger partial charge in [0.15, 0.2) is 0 Å². The van der Waals surface area contributed by atoms with Crippen molar-refractivity contribution in [3.63, 3.8) is 0 Å². The summed E-state index contributed by atoms with van der Waals surface area (Å²) in [6.07, 6.45) is 7.21. The Morgan fingerprint density at radius 2 is 1.48 bits per heavy atom. The van der Waals surface area contributed by atoms with Crippen molar-refractivity contribution >= 4 is 35.2 Å². The smallest absolute Gasteiger partial charge is 0.0666 e. The first-order chi connectivity index (χ1) is 10.6. The molecule has 1 aliphatic carbocycles. The molecule has 0 fully saturated rings. The monoisotopic (exact) mass is 323 g/mol. The summed E-state index contributed by atoms with van der Waals surface area (Å²) in [5.41, 5.74) is 12.2. The number of hydrogen-bond donors (Lipinski definition) is 2. The number of allylic oxidation sites excluding steroid dienone is 4. The van der Waals surface area contributed by atoms with E-state index in [1.807, 2.05) is 42.5 Å². The number of halogens is 1. The van der Waals surface area contributed by atoms with E-state index in [0.717, 1.165) is 33.8 Å². The van der Waals surface area contributed by atoms with Gasteiger partial charge in [-0.1, -0.05) is 18.2 Å². The summed E-state index contributed by atoms with van der Waals surface area (Å²) in [4.78, 5) is 4.63. The third kappa shape index (κ3) is 3.96. The van der Waals surface area contributed by atoms with Crippen LogP contribution in [0.25, 0.3) is 11.1 Å². The van der Waals surface area contributed by atoms with Gasteiger partial charge in [0.1, 0.15) is 0 Å². The van der Waals surface area contributed by atoms with Crippen LogP contribution in [0.15, 0.2) is 71.8 Å². The van der Waals surface area contributed by atoms with Crippen molar-refractivity contribution in [3.8, 4) is 11.1 Å². The first-order valence-corrected chi connectivity index (χ1v) is 7.12. The number of aryl methyl sites for hydroxylation is 1. The Morgan fingerprint density at radius 3 is 2.09 bits per heavy atom. The second-order valence-electron chi connectivity index (χ2n) is 5.28. The van der Waals surface area contributed by atoms with Crippen LogP contribution in [-0.4, -0.2) is 11.4 Å². The van der Waals surface area contributed by atoms with Gasteiger partial charge in [-0.15, -0.1) is 12.4 Å². The number of hydrogen-bond acceptors (Lipinski definition) is 3. The lowest BCUT2D eigenvalue weighted by Gasteiger charge is -2.07. The molecule has 0 atom stereocenters. The van der Waals surface area contributed by atoms with Crippen molar-refractivity contribution in [1.29, 1.82) is 5.41 Å². The van der Waals surface area contributed by atoms with Gasteiger partial charge in [0, 0.05) is 5.69 Å². The van der Waals surface area contributed by atoms with Gasteiger partial charge in [0.05, 0.1) is 17.1 Å². The minimum absolute atomic E-state index is 0. The molecular formula is C19H18ClN3. The topological polar surface area (TPSA) is 62.2 Å². The molecule has 1 aliphatic rings. The highest BCUT2D eigenvalue weighted by molar-refractivity contribution is 6.18. The maximum Gasteiger partial charge on any atom is 0.0666 e. The first kappa shape index (κ1) is 16.7. The first-order valence-electron chi connectivity index (χ1n) is 7.12. The molecule has 0 radical (unpaired) electrons. The van der Waals surface area contributed by atoms with Crippen LogP contribution >= 0.6 is 12.4 Å². The Labute approximate surface area is 142 Å². The summed E-state index contributed by atoms with van der Waals surface area (Å²) in [6, 6.07) is 14.1. The maximum absolute atomic E-state index is 7.50. The summed E-state index contributed by atoms with van der Waals surface area (Å²) < 4.78 is 0. The zero-order valence-corrected chi connectivity index (χ0v) is 13.6. The van der Waals surface area contributed by atoms with E-state index < -0.39 is 0 Å². The number of nitrogen functional groups attached to an aromatic ring is 1. The van der Waals surface area contributed by atoms with Crippen molar-refractivity contribution in [3.05, 3.63) is 72.3 Å². The minimum atomic E-state index is 0. The summed E-state index contributed by atoms with van der Waals surface area (Å²) in [7, 11) is 0. The highest BCUT2D eigenvalue weighted by atomic mass is 35.5. The SMILES string of the molecule is Cc1cc(-c2ccc(N)cc2)ccc1N=C1C=CC(=N)C=C1.Cl. The van der Waals surface area contributed by atoms with Crippen molar-refractivity contribution in [2.45, 2.75) is 6.92 Å². The molecule has 0 unspecified atom stereocenters. The van der Waals surface area contributed by atoms with Crippen LogP contribution in [0.3, 0.4) is 0 Å². The van der Waals surface area contributed by atoms with Gasteiger partial charge < -0.3 is 11.1 Å². The van der Waals surface area contributed by atoms with E-state index in [2.05, 4.69) is 24.0 Å². The molecule has 3 N–H and O–H groups in total.